The first-order chi connectivity index (χ1) is 10.7. The molecule has 0 N–H and O–H groups in total. The normalized spacial score (nSPS) is 11.0. The fourth-order valence-electron chi connectivity index (χ4n) is 2.78. The van der Waals surface area contributed by atoms with Gasteiger partial charge in [0.05, 0.1) is 12.8 Å². The van der Waals surface area contributed by atoms with Gasteiger partial charge in [0.1, 0.15) is 5.76 Å². The summed E-state index contributed by atoms with van der Waals surface area (Å²) in [6, 6.07) is 11.4. The van der Waals surface area contributed by atoms with Crippen molar-refractivity contribution in [1.82, 2.24) is 4.57 Å². The van der Waals surface area contributed by atoms with Gasteiger partial charge in [-0.25, -0.2) is 0 Å². The lowest BCUT2D eigenvalue weighted by Gasteiger charge is -2.07. The monoisotopic (exact) mass is 295 g/mol. The fraction of sp³-hybridized carbons (Fsp3) is 0.222. The summed E-state index contributed by atoms with van der Waals surface area (Å²) in [6.45, 7) is 2.16. The van der Waals surface area contributed by atoms with Crippen LogP contribution >= 0.6 is 0 Å². The molecule has 3 aromatic rings. The maximum atomic E-state index is 12.3. The van der Waals surface area contributed by atoms with Crippen LogP contribution in [0.15, 0.2) is 47.1 Å². The Morgan fingerprint density at radius 2 is 2.05 bits per heavy atom. The van der Waals surface area contributed by atoms with Crippen LogP contribution in [-0.2, 0) is 17.8 Å². The number of para-hydroxylation sites is 1. The Hall–Kier alpha value is -2.62. The smallest absolute Gasteiger partial charge is 0.152 e. The van der Waals surface area contributed by atoms with Crippen LogP contribution in [0, 0.1) is 6.92 Å². The molecule has 0 aliphatic rings. The van der Waals surface area contributed by atoms with Crippen molar-refractivity contribution in [2.75, 3.05) is 0 Å². The molecule has 0 atom stereocenters. The van der Waals surface area contributed by atoms with Crippen molar-refractivity contribution in [3.63, 3.8) is 0 Å². The van der Waals surface area contributed by atoms with Gasteiger partial charge in [-0.05, 0) is 25.1 Å². The van der Waals surface area contributed by atoms with Crippen molar-refractivity contribution in [3.8, 4) is 0 Å². The van der Waals surface area contributed by atoms with E-state index in [1.807, 2.05) is 47.9 Å². The minimum atomic E-state index is 0.123. The average Bonchev–Trinajstić information content (AvgIpc) is 3.13. The van der Waals surface area contributed by atoms with Crippen LogP contribution in [-0.4, -0.2) is 16.6 Å². The lowest BCUT2D eigenvalue weighted by Crippen LogP contribution is -2.12. The molecule has 22 heavy (non-hydrogen) atoms. The van der Waals surface area contributed by atoms with E-state index < -0.39 is 0 Å². The Morgan fingerprint density at radius 1 is 1.23 bits per heavy atom. The van der Waals surface area contributed by atoms with E-state index in [-0.39, 0.29) is 12.3 Å². The van der Waals surface area contributed by atoms with E-state index in [2.05, 4.69) is 0 Å². The molecule has 0 radical (unpaired) electrons. The number of carbonyl (C=O) groups is 2. The van der Waals surface area contributed by atoms with E-state index in [1.165, 1.54) is 0 Å². The number of aldehydes is 1. The number of aromatic nitrogens is 1. The lowest BCUT2D eigenvalue weighted by molar-refractivity contribution is -0.119. The summed E-state index contributed by atoms with van der Waals surface area (Å²) in [5.74, 6) is 0.939. The molecular weight excluding hydrogens is 278 g/mol. The van der Waals surface area contributed by atoms with Gasteiger partial charge in [0, 0.05) is 35.0 Å². The van der Waals surface area contributed by atoms with Gasteiger partial charge in [-0.3, -0.25) is 9.59 Å². The summed E-state index contributed by atoms with van der Waals surface area (Å²) in [6.07, 6.45) is 3.50. The minimum Gasteiger partial charge on any atom is -0.469 e. The predicted octanol–water partition coefficient (Wildman–Crippen LogP) is 3.56. The SMILES string of the molecule is Cc1c(C=O)c2ccccc2n1CC(=O)CCc1ccco1. The highest BCUT2D eigenvalue weighted by molar-refractivity contribution is 6.00. The minimum absolute atomic E-state index is 0.123. The number of fused-ring (bicyclic) bond motifs is 1. The number of hydrogen-bond donors (Lipinski definition) is 0. The zero-order valence-electron chi connectivity index (χ0n) is 12.4. The molecule has 3 rings (SSSR count). The van der Waals surface area contributed by atoms with Gasteiger partial charge in [-0.15, -0.1) is 0 Å². The Labute approximate surface area is 128 Å². The second kappa shape index (κ2) is 6.02. The van der Waals surface area contributed by atoms with E-state index in [4.69, 9.17) is 4.42 Å². The van der Waals surface area contributed by atoms with Gasteiger partial charge in [0.25, 0.3) is 0 Å². The molecule has 0 unspecified atom stereocenters. The molecule has 2 heterocycles. The van der Waals surface area contributed by atoms with Gasteiger partial charge < -0.3 is 8.98 Å². The number of benzene rings is 1. The number of aryl methyl sites for hydroxylation is 1. The third-order valence-corrected chi connectivity index (χ3v) is 3.96. The quantitative estimate of drug-likeness (QED) is 0.653. The number of furan rings is 1. The highest BCUT2D eigenvalue weighted by Crippen LogP contribution is 2.24. The van der Waals surface area contributed by atoms with E-state index in [9.17, 15) is 9.59 Å². The average molecular weight is 295 g/mol. The molecule has 0 fully saturated rings. The Bertz CT molecular complexity index is 812. The molecule has 4 heteroatoms. The molecule has 0 amide bonds. The number of ketones is 1. The van der Waals surface area contributed by atoms with E-state index >= 15 is 0 Å². The second-order valence-corrected chi connectivity index (χ2v) is 5.34. The maximum Gasteiger partial charge on any atom is 0.152 e. The fourth-order valence-corrected chi connectivity index (χ4v) is 2.78. The number of hydrogen-bond acceptors (Lipinski definition) is 3. The summed E-state index contributed by atoms with van der Waals surface area (Å²) >= 11 is 0. The number of Topliss-reactive ketones (excluding diaryl/α,β-unsaturated/α-hetero) is 1. The molecule has 0 aliphatic carbocycles. The second-order valence-electron chi connectivity index (χ2n) is 5.34. The molecule has 4 nitrogen and oxygen atoms in total. The molecule has 0 spiro atoms. The van der Waals surface area contributed by atoms with Gasteiger partial charge >= 0.3 is 0 Å². The topological polar surface area (TPSA) is 52.2 Å². The Balaban J connectivity index is 1.82. The Kier molecular flexibility index (Phi) is 3.92. The van der Waals surface area contributed by atoms with Gasteiger partial charge in [-0.2, -0.15) is 0 Å². The summed E-state index contributed by atoms with van der Waals surface area (Å²) in [5.41, 5.74) is 2.42. The van der Waals surface area contributed by atoms with Crippen LogP contribution in [0.1, 0.15) is 28.2 Å². The summed E-state index contributed by atoms with van der Waals surface area (Å²) in [5, 5.41) is 0.897. The van der Waals surface area contributed by atoms with E-state index in [1.54, 1.807) is 6.26 Å². The van der Waals surface area contributed by atoms with Crippen molar-refractivity contribution in [2.24, 2.45) is 0 Å². The van der Waals surface area contributed by atoms with Crippen molar-refractivity contribution >= 4 is 23.0 Å². The molecule has 1 aromatic carbocycles. The van der Waals surface area contributed by atoms with Crippen molar-refractivity contribution in [3.05, 3.63) is 59.7 Å². The van der Waals surface area contributed by atoms with Crippen LogP contribution < -0.4 is 0 Å². The molecule has 0 bridgehead atoms. The van der Waals surface area contributed by atoms with Crippen LogP contribution in [0.25, 0.3) is 10.9 Å². The molecule has 0 aliphatic heterocycles. The third kappa shape index (κ3) is 2.60. The van der Waals surface area contributed by atoms with Crippen molar-refractivity contribution in [2.45, 2.75) is 26.3 Å². The Morgan fingerprint density at radius 3 is 2.77 bits per heavy atom. The van der Waals surface area contributed by atoms with Crippen molar-refractivity contribution < 1.29 is 14.0 Å². The largest absolute Gasteiger partial charge is 0.469 e. The molecule has 2 aromatic heterocycles. The van der Waals surface area contributed by atoms with Crippen LogP contribution in [0.4, 0.5) is 0 Å². The van der Waals surface area contributed by atoms with Gasteiger partial charge in [0.2, 0.25) is 0 Å². The first-order valence-corrected chi connectivity index (χ1v) is 7.28. The summed E-state index contributed by atoms with van der Waals surface area (Å²) in [4.78, 5) is 23.6. The summed E-state index contributed by atoms with van der Waals surface area (Å²) in [7, 11) is 0. The summed E-state index contributed by atoms with van der Waals surface area (Å²) < 4.78 is 7.16. The molecule has 112 valence electrons. The molecule has 0 saturated carbocycles. The lowest BCUT2D eigenvalue weighted by atomic mass is 10.1. The molecular formula is C18H17NO3. The third-order valence-electron chi connectivity index (χ3n) is 3.96. The van der Waals surface area contributed by atoms with Crippen LogP contribution in [0.5, 0.6) is 0 Å². The zero-order valence-corrected chi connectivity index (χ0v) is 12.4. The van der Waals surface area contributed by atoms with E-state index in [0.29, 0.717) is 18.4 Å². The number of rotatable bonds is 6. The molecule has 0 saturated heterocycles. The zero-order chi connectivity index (χ0) is 15.5. The standard InChI is InChI=1S/C18H17NO3/c1-13-17(12-20)16-6-2-3-7-18(16)19(13)11-14(21)8-9-15-5-4-10-22-15/h2-7,10,12H,8-9,11H2,1H3. The van der Waals surface area contributed by atoms with Crippen LogP contribution in [0.3, 0.4) is 0 Å². The number of carbonyl (C=O) groups excluding carboxylic acids is 2. The maximum absolute atomic E-state index is 12.3. The van der Waals surface area contributed by atoms with Gasteiger partial charge in [-0.1, -0.05) is 18.2 Å². The predicted molar refractivity (Wildman–Crippen MR) is 84.1 cm³/mol. The first-order valence-electron chi connectivity index (χ1n) is 7.28. The van der Waals surface area contributed by atoms with E-state index in [0.717, 1.165) is 28.6 Å². The number of nitrogens with zero attached hydrogens (tertiary/aromatic N) is 1. The van der Waals surface area contributed by atoms with Crippen molar-refractivity contribution in [1.29, 1.82) is 0 Å². The first kappa shape index (κ1) is 14.3. The highest BCUT2D eigenvalue weighted by Gasteiger charge is 2.15. The van der Waals surface area contributed by atoms with Crippen LogP contribution in [0.2, 0.25) is 0 Å². The van der Waals surface area contributed by atoms with Gasteiger partial charge in [0.15, 0.2) is 12.1 Å². The highest BCUT2D eigenvalue weighted by atomic mass is 16.3.